The number of anilines is 1. The lowest BCUT2D eigenvalue weighted by molar-refractivity contribution is 0.474. The molecule has 0 atom stereocenters. The zero-order valence-corrected chi connectivity index (χ0v) is 11.6. The molecule has 1 aromatic heterocycles. The average Bonchev–Trinajstić information content (AvgIpc) is 3.00. The number of aromatic hydroxyl groups is 1. The van der Waals surface area contributed by atoms with Gasteiger partial charge in [0.05, 0.1) is 0 Å². The highest BCUT2D eigenvalue weighted by molar-refractivity contribution is 5.62. The van der Waals surface area contributed by atoms with E-state index in [4.69, 9.17) is 4.42 Å². The molecule has 1 heterocycles. The van der Waals surface area contributed by atoms with Gasteiger partial charge in [-0.05, 0) is 48.4 Å². The molecule has 5 nitrogen and oxygen atoms in total. The number of rotatable bonds is 4. The fourth-order valence-electron chi connectivity index (χ4n) is 2.16. The van der Waals surface area contributed by atoms with Crippen LogP contribution in [0.1, 0.15) is 11.1 Å². The third-order valence-corrected chi connectivity index (χ3v) is 3.23. The lowest BCUT2D eigenvalue weighted by atomic mass is 10.1. The van der Waals surface area contributed by atoms with Crippen LogP contribution in [0.4, 0.5) is 5.69 Å². The number of aryl methyl sites for hydroxylation is 1. The second-order valence-electron chi connectivity index (χ2n) is 4.80. The summed E-state index contributed by atoms with van der Waals surface area (Å²) in [4.78, 5) is 0. The Morgan fingerprint density at radius 1 is 1.19 bits per heavy atom. The normalized spacial score (nSPS) is 10.5. The number of aromatic nitrogens is 2. The predicted octanol–water partition coefficient (Wildman–Crippen LogP) is 3.36. The summed E-state index contributed by atoms with van der Waals surface area (Å²) in [7, 11) is 0. The minimum atomic E-state index is 0.276. The quantitative estimate of drug-likeness (QED) is 0.767. The summed E-state index contributed by atoms with van der Waals surface area (Å²) in [5.74, 6) is 0.787. The van der Waals surface area contributed by atoms with Crippen LogP contribution in [0.3, 0.4) is 0 Å². The number of phenolic OH excluding ortho intramolecular Hbond substituents is 1. The molecule has 0 bridgehead atoms. The third-order valence-electron chi connectivity index (χ3n) is 3.23. The van der Waals surface area contributed by atoms with Crippen molar-refractivity contribution in [1.29, 1.82) is 0 Å². The van der Waals surface area contributed by atoms with Gasteiger partial charge in [0.15, 0.2) is 0 Å². The van der Waals surface area contributed by atoms with Crippen molar-refractivity contribution in [3.63, 3.8) is 0 Å². The number of hydrogen-bond donors (Lipinski definition) is 2. The average molecular weight is 281 g/mol. The van der Waals surface area contributed by atoms with Gasteiger partial charge in [-0.15, -0.1) is 10.2 Å². The molecule has 2 aromatic carbocycles. The number of hydrogen-bond acceptors (Lipinski definition) is 5. The Morgan fingerprint density at radius 3 is 2.81 bits per heavy atom. The van der Waals surface area contributed by atoms with E-state index in [1.54, 1.807) is 12.1 Å². The first kappa shape index (κ1) is 13.2. The van der Waals surface area contributed by atoms with Gasteiger partial charge in [0, 0.05) is 17.8 Å². The Bertz CT molecular complexity index is 739. The van der Waals surface area contributed by atoms with Gasteiger partial charge < -0.3 is 14.8 Å². The summed E-state index contributed by atoms with van der Waals surface area (Å²) >= 11 is 0. The van der Waals surface area contributed by atoms with Crippen LogP contribution in [0, 0.1) is 6.92 Å². The van der Waals surface area contributed by atoms with Gasteiger partial charge in [0.25, 0.3) is 0 Å². The fourth-order valence-corrected chi connectivity index (χ4v) is 2.16. The molecule has 0 aliphatic heterocycles. The third kappa shape index (κ3) is 3.02. The van der Waals surface area contributed by atoms with Crippen LogP contribution in [-0.2, 0) is 6.54 Å². The monoisotopic (exact) mass is 281 g/mol. The van der Waals surface area contributed by atoms with Crippen molar-refractivity contribution >= 4 is 5.69 Å². The summed E-state index contributed by atoms with van der Waals surface area (Å²) < 4.78 is 5.19. The molecular weight excluding hydrogens is 266 g/mol. The number of nitrogens with zero attached hydrogens (tertiary/aromatic N) is 2. The summed E-state index contributed by atoms with van der Waals surface area (Å²) in [6, 6.07) is 13.1. The molecule has 0 saturated carbocycles. The lowest BCUT2D eigenvalue weighted by Gasteiger charge is -2.10. The highest BCUT2D eigenvalue weighted by Gasteiger charge is 2.06. The van der Waals surface area contributed by atoms with E-state index in [0.717, 1.165) is 22.4 Å². The Hall–Kier alpha value is -2.82. The first-order valence-corrected chi connectivity index (χ1v) is 6.61. The molecule has 0 aliphatic carbocycles. The first-order chi connectivity index (χ1) is 10.2. The van der Waals surface area contributed by atoms with E-state index < -0.39 is 0 Å². The molecule has 21 heavy (non-hydrogen) atoms. The van der Waals surface area contributed by atoms with Crippen molar-refractivity contribution < 1.29 is 9.52 Å². The number of nitrogens with one attached hydrogen (secondary N) is 1. The van der Waals surface area contributed by atoms with Gasteiger partial charge in [-0.3, -0.25) is 0 Å². The summed E-state index contributed by atoms with van der Waals surface area (Å²) in [5.41, 5.74) is 4.04. The summed E-state index contributed by atoms with van der Waals surface area (Å²) in [6.45, 7) is 2.67. The molecule has 3 rings (SSSR count). The van der Waals surface area contributed by atoms with Gasteiger partial charge in [-0.1, -0.05) is 12.1 Å². The summed E-state index contributed by atoms with van der Waals surface area (Å²) in [5, 5.41) is 20.4. The van der Waals surface area contributed by atoms with E-state index in [9.17, 15) is 5.11 Å². The Kier molecular flexibility index (Phi) is 3.55. The lowest BCUT2D eigenvalue weighted by Crippen LogP contribution is -2.01. The van der Waals surface area contributed by atoms with Crippen LogP contribution < -0.4 is 5.32 Å². The van der Waals surface area contributed by atoms with Crippen LogP contribution in [-0.4, -0.2) is 15.3 Å². The Labute approximate surface area is 122 Å². The van der Waals surface area contributed by atoms with Gasteiger partial charge in [0.2, 0.25) is 12.3 Å². The van der Waals surface area contributed by atoms with E-state index in [0.29, 0.717) is 12.4 Å². The molecule has 0 amide bonds. The van der Waals surface area contributed by atoms with Crippen LogP contribution in [0.25, 0.3) is 11.5 Å². The molecule has 0 fully saturated rings. The van der Waals surface area contributed by atoms with Gasteiger partial charge in [-0.2, -0.15) is 0 Å². The molecule has 0 radical (unpaired) electrons. The van der Waals surface area contributed by atoms with Crippen molar-refractivity contribution in [1.82, 2.24) is 10.2 Å². The predicted molar refractivity (Wildman–Crippen MR) is 79.9 cm³/mol. The number of phenols is 1. The second kappa shape index (κ2) is 5.66. The van der Waals surface area contributed by atoms with Gasteiger partial charge in [0.1, 0.15) is 5.75 Å². The largest absolute Gasteiger partial charge is 0.508 e. The van der Waals surface area contributed by atoms with Crippen molar-refractivity contribution in [3.8, 4) is 17.2 Å². The highest BCUT2D eigenvalue weighted by atomic mass is 16.4. The van der Waals surface area contributed by atoms with Crippen molar-refractivity contribution in [2.24, 2.45) is 0 Å². The first-order valence-electron chi connectivity index (χ1n) is 6.61. The van der Waals surface area contributed by atoms with Gasteiger partial charge in [-0.25, -0.2) is 0 Å². The molecule has 2 N–H and O–H groups in total. The Morgan fingerprint density at radius 2 is 2.10 bits per heavy atom. The van der Waals surface area contributed by atoms with Crippen LogP contribution >= 0.6 is 0 Å². The molecular formula is C16H15N3O2. The standard InChI is InChI=1S/C16H15N3O2/c1-11-7-13(16-19-18-10-21-16)5-6-15(11)17-9-12-3-2-4-14(20)8-12/h2-8,10,17,20H,9H2,1H3. The topological polar surface area (TPSA) is 71.2 Å². The van der Waals surface area contributed by atoms with Crippen molar-refractivity contribution in [2.45, 2.75) is 13.5 Å². The Balaban J connectivity index is 1.74. The molecule has 3 aromatic rings. The van der Waals surface area contributed by atoms with Gasteiger partial charge >= 0.3 is 0 Å². The zero-order chi connectivity index (χ0) is 14.7. The van der Waals surface area contributed by atoms with Crippen molar-refractivity contribution in [3.05, 3.63) is 60.0 Å². The fraction of sp³-hybridized carbons (Fsp3) is 0.125. The maximum Gasteiger partial charge on any atom is 0.247 e. The minimum absolute atomic E-state index is 0.276. The van der Waals surface area contributed by atoms with E-state index in [1.807, 2.05) is 37.3 Å². The highest BCUT2D eigenvalue weighted by Crippen LogP contribution is 2.23. The maximum absolute atomic E-state index is 9.46. The molecule has 0 aliphatic rings. The maximum atomic E-state index is 9.46. The van der Waals surface area contributed by atoms with Crippen molar-refractivity contribution in [2.75, 3.05) is 5.32 Å². The second-order valence-corrected chi connectivity index (χ2v) is 4.80. The molecule has 0 spiro atoms. The minimum Gasteiger partial charge on any atom is -0.508 e. The van der Waals surface area contributed by atoms with E-state index >= 15 is 0 Å². The van der Waals surface area contributed by atoms with Crippen LogP contribution in [0.15, 0.2) is 53.3 Å². The van der Waals surface area contributed by atoms with E-state index in [1.165, 1.54) is 6.39 Å². The molecule has 0 unspecified atom stereocenters. The summed E-state index contributed by atoms with van der Waals surface area (Å²) in [6.07, 6.45) is 1.32. The van der Waals surface area contributed by atoms with Crippen LogP contribution in [0.5, 0.6) is 5.75 Å². The van der Waals surface area contributed by atoms with E-state index in [2.05, 4.69) is 15.5 Å². The molecule has 0 saturated heterocycles. The SMILES string of the molecule is Cc1cc(-c2nnco2)ccc1NCc1cccc(O)c1. The number of benzene rings is 2. The van der Waals surface area contributed by atoms with E-state index in [-0.39, 0.29) is 5.75 Å². The molecule has 5 heteroatoms. The zero-order valence-electron chi connectivity index (χ0n) is 11.6. The van der Waals surface area contributed by atoms with Crippen LogP contribution in [0.2, 0.25) is 0 Å². The molecule has 106 valence electrons. The smallest absolute Gasteiger partial charge is 0.247 e.